The summed E-state index contributed by atoms with van der Waals surface area (Å²) in [5.41, 5.74) is 2.15. The number of hydrogen-bond donors (Lipinski definition) is 2. The van der Waals surface area contributed by atoms with E-state index in [9.17, 15) is 14.4 Å². The molecule has 1 fully saturated rings. The average molecular weight is 479 g/mol. The summed E-state index contributed by atoms with van der Waals surface area (Å²) in [6.45, 7) is 0.703. The van der Waals surface area contributed by atoms with Gasteiger partial charge in [-0.15, -0.1) is 0 Å². The van der Waals surface area contributed by atoms with Crippen LogP contribution in [0.4, 0.5) is 17.2 Å². The molecule has 0 saturated carbocycles. The lowest BCUT2D eigenvalue weighted by molar-refractivity contribution is -0.117. The quantitative estimate of drug-likeness (QED) is 0.565. The van der Waals surface area contributed by atoms with E-state index < -0.39 is 0 Å². The molecule has 0 unspecified atom stereocenters. The number of anilines is 3. The van der Waals surface area contributed by atoms with Gasteiger partial charge in [-0.25, -0.2) is 4.98 Å². The Kier molecular flexibility index (Phi) is 6.08. The third kappa shape index (κ3) is 4.97. The van der Waals surface area contributed by atoms with E-state index in [0.717, 1.165) is 16.6 Å². The molecule has 0 aliphatic carbocycles. The van der Waals surface area contributed by atoms with E-state index in [1.807, 2.05) is 0 Å². The van der Waals surface area contributed by atoms with Crippen LogP contribution >= 0.6 is 15.9 Å². The van der Waals surface area contributed by atoms with Gasteiger partial charge in [-0.3, -0.25) is 14.4 Å². The van der Waals surface area contributed by atoms with Gasteiger partial charge in [0.25, 0.3) is 11.8 Å². The normalized spacial score (nSPS) is 13.2. The zero-order valence-corrected chi connectivity index (χ0v) is 18.1. The maximum Gasteiger partial charge on any atom is 0.256 e. The Balaban J connectivity index is 1.42. The molecular formula is C23H19BrN4O3. The number of carbonyl (C=O) groups is 3. The van der Waals surface area contributed by atoms with Crippen LogP contribution in [0.3, 0.4) is 0 Å². The second kappa shape index (κ2) is 9.09. The molecule has 2 heterocycles. The lowest BCUT2D eigenvalue weighted by atomic mass is 10.1. The highest BCUT2D eigenvalue weighted by Crippen LogP contribution is 2.22. The van der Waals surface area contributed by atoms with Gasteiger partial charge in [-0.05, 0) is 76.9 Å². The summed E-state index contributed by atoms with van der Waals surface area (Å²) in [6.07, 6.45) is 3.00. The van der Waals surface area contributed by atoms with Crippen molar-refractivity contribution < 1.29 is 14.4 Å². The Morgan fingerprint density at radius 3 is 2.39 bits per heavy atom. The van der Waals surface area contributed by atoms with Gasteiger partial charge in [-0.2, -0.15) is 0 Å². The fourth-order valence-electron chi connectivity index (χ4n) is 3.29. The van der Waals surface area contributed by atoms with E-state index >= 15 is 0 Å². The van der Waals surface area contributed by atoms with Crippen LogP contribution in [0, 0.1) is 0 Å². The topological polar surface area (TPSA) is 91.4 Å². The minimum absolute atomic E-state index is 0.102. The third-order valence-corrected chi connectivity index (χ3v) is 5.34. The van der Waals surface area contributed by atoms with Gasteiger partial charge in [-0.1, -0.05) is 6.07 Å². The summed E-state index contributed by atoms with van der Waals surface area (Å²) >= 11 is 3.30. The number of amides is 3. The molecule has 1 aliphatic heterocycles. The van der Waals surface area contributed by atoms with Crippen molar-refractivity contribution in [1.82, 2.24) is 4.98 Å². The van der Waals surface area contributed by atoms with Crippen molar-refractivity contribution in [3.8, 4) is 0 Å². The van der Waals surface area contributed by atoms with Crippen LogP contribution in [-0.2, 0) is 4.79 Å². The number of halogens is 1. The number of pyridine rings is 1. The van der Waals surface area contributed by atoms with Gasteiger partial charge < -0.3 is 15.5 Å². The lowest BCUT2D eigenvalue weighted by Crippen LogP contribution is -2.23. The van der Waals surface area contributed by atoms with Crippen molar-refractivity contribution in [2.45, 2.75) is 12.8 Å². The summed E-state index contributed by atoms with van der Waals surface area (Å²) in [6, 6.07) is 17.1. The second-order valence-electron chi connectivity index (χ2n) is 7.05. The van der Waals surface area contributed by atoms with Crippen molar-refractivity contribution in [3.63, 3.8) is 0 Å². The molecule has 156 valence electrons. The van der Waals surface area contributed by atoms with Gasteiger partial charge in [0, 0.05) is 46.1 Å². The van der Waals surface area contributed by atoms with Crippen molar-refractivity contribution in [2.24, 2.45) is 0 Å². The van der Waals surface area contributed by atoms with Gasteiger partial charge in [0.1, 0.15) is 5.82 Å². The van der Waals surface area contributed by atoms with Gasteiger partial charge in [0.2, 0.25) is 5.91 Å². The van der Waals surface area contributed by atoms with Gasteiger partial charge in [0.05, 0.1) is 0 Å². The smallest absolute Gasteiger partial charge is 0.256 e. The average Bonchev–Trinajstić information content (AvgIpc) is 3.21. The monoisotopic (exact) mass is 478 g/mol. The number of aromatic nitrogens is 1. The van der Waals surface area contributed by atoms with E-state index in [1.54, 1.807) is 71.8 Å². The fraction of sp³-hybridized carbons (Fsp3) is 0.130. The summed E-state index contributed by atoms with van der Waals surface area (Å²) in [5, 5.41) is 5.52. The Labute approximate surface area is 187 Å². The molecule has 3 aromatic rings. The molecule has 3 amide bonds. The van der Waals surface area contributed by atoms with Crippen LogP contribution in [-0.4, -0.2) is 29.3 Å². The number of benzene rings is 2. The first-order chi connectivity index (χ1) is 15.0. The van der Waals surface area contributed by atoms with E-state index in [4.69, 9.17) is 0 Å². The molecule has 0 spiro atoms. The summed E-state index contributed by atoms with van der Waals surface area (Å²) in [5.74, 6) is -0.0955. The predicted octanol–water partition coefficient (Wildman–Crippen LogP) is 4.48. The molecule has 2 aromatic carbocycles. The molecule has 1 saturated heterocycles. The first kappa shape index (κ1) is 20.7. The standard InChI is InChI=1S/C23H19BrN4O3/c24-17-8-11-20(25-14-17)27-23(31)16-3-1-4-18(13-16)26-22(30)15-6-9-19(10-7-15)28-12-2-5-21(28)29/h1,3-4,6-11,13-14H,2,5,12H2,(H,26,30)(H,25,27,31). The van der Waals surface area contributed by atoms with Crippen LogP contribution in [0.1, 0.15) is 33.6 Å². The molecule has 1 aromatic heterocycles. The number of carbonyl (C=O) groups excluding carboxylic acids is 3. The summed E-state index contributed by atoms with van der Waals surface area (Å²) < 4.78 is 0.815. The highest BCUT2D eigenvalue weighted by atomic mass is 79.9. The van der Waals surface area contributed by atoms with Crippen LogP contribution in [0.2, 0.25) is 0 Å². The number of hydrogen-bond acceptors (Lipinski definition) is 4. The zero-order chi connectivity index (χ0) is 21.8. The van der Waals surface area contributed by atoms with Crippen molar-refractivity contribution in [2.75, 3.05) is 22.1 Å². The summed E-state index contributed by atoms with van der Waals surface area (Å²) in [4.78, 5) is 42.8. The van der Waals surface area contributed by atoms with Crippen molar-refractivity contribution in [1.29, 1.82) is 0 Å². The van der Waals surface area contributed by atoms with Gasteiger partial charge >= 0.3 is 0 Å². The predicted molar refractivity (Wildman–Crippen MR) is 122 cm³/mol. The van der Waals surface area contributed by atoms with Crippen molar-refractivity contribution in [3.05, 3.63) is 82.5 Å². The molecule has 0 radical (unpaired) electrons. The number of nitrogens with one attached hydrogen (secondary N) is 2. The van der Waals surface area contributed by atoms with Crippen LogP contribution in [0.15, 0.2) is 71.3 Å². The number of nitrogens with zero attached hydrogens (tertiary/aromatic N) is 2. The third-order valence-electron chi connectivity index (χ3n) is 4.87. The highest BCUT2D eigenvalue weighted by Gasteiger charge is 2.21. The van der Waals surface area contributed by atoms with E-state index in [1.165, 1.54) is 0 Å². The van der Waals surface area contributed by atoms with Crippen LogP contribution in [0.25, 0.3) is 0 Å². The first-order valence-electron chi connectivity index (χ1n) is 9.74. The Bertz CT molecular complexity index is 1130. The number of rotatable bonds is 5. The molecule has 1 aliphatic rings. The van der Waals surface area contributed by atoms with Crippen molar-refractivity contribution >= 4 is 50.8 Å². The van der Waals surface area contributed by atoms with Gasteiger partial charge in [0.15, 0.2) is 0 Å². The Hall–Kier alpha value is -3.52. The molecule has 31 heavy (non-hydrogen) atoms. The van der Waals surface area contributed by atoms with E-state index in [-0.39, 0.29) is 17.7 Å². The summed E-state index contributed by atoms with van der Waals surface area (Å²) in [7, 11) is 0. The Morgan fingerprint density at radius 2 is 1.71 bits per heavy atom. The molecule has 0 bridgehead atoms. The molecule has 8 heteroatoms. The molecule has 4 rings (SSSR count). The molecule has 0 atom stereocenters. The maximum atomic E-state index is 12.6. The molecular weight excluding hydrogens is 460 g/mol. The SMILES string of the molecule is O=C(Nc1cccc(C(=O)Nc2ccc(Br)cn2)c1)c1ccc(N2CCCC2=O)cc1. The van der Waals surface area contributed by atoms with Crippen LogP contribution < -0.4 is 15.5 Å². The minimum Gasteiger partial charge on any atom is -0.322 e. The molecule has 2 N–H and O–H groups in total. The fourth-order valence-corrected chi connectivity index (χ4v) is 3.53. The lowest BCUT2D eigenvalue weighted by Gasteiger charge is -2.15. The minimum atomic E-state index is -0.328. The maximum absolute atomic E-state index is 12.6. The zero-order valence-electron chi connectivity index (χ0n) is 16.5. The molecule has 7 nitrogen and oxygen atoms in total. The largest absolute Gasteiger partial charge is 0.322 e. The van der Waals surface area contributed by atoms with E-state index in [2.05, 4.69) is 31.5 Å². The first-order valence-corrected chi connectivity index (χ1v) is 10.5. The van der Waals surface area contributed by atoms with E-state index in [0.29, 0.717) is 35.6 Å². The highest BCUT2D eigenvalue weighted by molar-refractivity contribution is 9.10. The van der Waals surface area contributed by atoms with Crippen LogP contribution in [0.5, 0.6) is 0 Å². The Morgan fingerprint density at radius 1 is 0.935 bits per heavy atom. The second-order valence-corrected chi connectivity index (χ2v) is 7.96.